The molecule has 6 heteroatoms. The van der Waals surface area contributed by atoms with E-state index in [4.69, 9.17) is 5.73 Å². The molecule has 1 amide bonds. The average Bonchev–Trinajstić information content (AvgIpc) is 3.07. The monoisotopic (exact) mass is 389 g/mol. The molecule has 0 unspecified atom stereocenters. The zero-order valence-electron chi connectivity index (χ0n) is 15.0. The normalized spacial score (nSPS) is 13.8. The smallest absolute Gasteiger partial charge is 0.220 e. The number of nitrogens with zero attached hydrogens (tertiary/aromatic N) is 1. The Bertz CT molecular complexity index is 462. The molecule has 0 aromatic heterocycles. The maximum absolute atomic E-state index is 11.8. The number of unbranched alkanes of at least 4 members (excludes halogenated alkanes) is 3. The molecule has 0 atom stereocenters. The lowest BCUT2D eigenvalue weighted by molar-refractivity contribution is -0.121. The van der Waals surface area contributed by atoms with Crippen LogP contribution in [0.2, 0.25) is 0 Å². The molecule has 4 nitrogen and oxygen atoms in total. The predicted molar refractivity (Wildman–Crippen MR) is 109 cm³/mol. The van der Waals surface area contributed by atoms with Crippen molar-refractivity contribution < 1.29 is 4.79 Å². The number of hydrogen-bond acceptors (Lipinski definition) is 3. The van der Waals surface area contributed by atoms with Gasteiger partial charge in [-0.25, -0.2) is 0 Å². The molecule has 2 rings (SSSR count). The molecule has 144 valence electrons. The van der Waals surface area contributed by atoms with Crippen molar-refractivity contribution in [1.29, 1.82) is 0 Å². The Morgan fingerprint density at radius 3 is 2.20 bits per heavy atom. The molecule has 1 fully saturated rings. The highest BCUT2D eigenvalue weighted by Crippen LogP contribution is 2.13. The van der Waals surface area contributed by atoms with E-state index in [1.165, 1.54) is 37.1 Å². The number of amides is 1. The summed E-state index contributed by atoms with van der Waals surface area (Å²) < 4.78 is 0. The SMILES string of the molecule is Cl.Cl.NCCCCCCC(=O)NCc1ccc(CN2CCCC2)cc1. The van der Waals surface area contributed by atoms with Crippen LogP contribution in [-0.4, -0.2) is 30.4 Å². The molecule has 0 aliphatic carbocycles. The van der Waals surface area contributed by atoms with Gasteiger partial charge in [-0.1, -0.05) is 37.1 Å². The van der Waals surface area contributed by atoms with E-state index in [9.17, 15) is 4.79 Å². The summed E-state index contributed by atoms with van der Waals surface area (Å²) in [4.78, 5) is 14.3. The average molecular weight is 390 g/mol. The van der Waals surface area contributed by atoms with Crippen LogP contribution in [0.25, 0.3) is 0 Å². The maximum Gasteiger partial charge on any atom is 0.220 e. The van der Waals surface area contributed by atoms with Crippen molar-refractivity contribution in [3.63, 3.8) is 0 Å². The third-order valence-electron chi connectivity index (χ3n) is 4.48. The molecule has 1 aromatic rings. The summed E-state index contributed by atoms with van der Waals surface area (Å²) in [7, 11) is 0. The van der Waals surface area contributed by atoms with Gasteiger partial charge in [0.15, 0.2) is 0 Å². The molecule has 1 saturated heterocycles. The second-order valence-electron chi connectivity index (χ2n) is 6.53. The van der Waals surface area contributed by atoms with Crippen molar-refractivity contribution in [3.8, 4) is 0 Å². The first kappa shape index (κ1) is 24.2. The van der Waals surface area contributed by atoms with E-state index in [2.05, 4.69) is 34.5 Å². The highest BCUT2D eigenvalue weighted by atomic mass is 35.5. The number of hydrogen-bond donors (Lipinski definition) is 2. The highest BCUT2D eigenvalue weighted by Gasteiger charge is 2.11. The van der Waals surface area contributed by atoms with Crippen molar-refractivity contribution in [2.24, 2.45) is 5.73 Å². The van der Waals surface area contributed by atoms with Crippen molar-refractivity contribution >= 4 is 30.7 Å². The summed E-state index contributed by atoms with van der Waals surface area (Å²) >= 11 is 0. The summed E-state index contributed by atoms with van der Waals surface area (Å²) in [5, 5.41) is 3.01. The summed E-state index contributed by atoms with van der Waals surface area (Å²) in [6.07, 6.45) is 7.52. The molecule has 25 heavy (non-hydrogen) atoms. The number of nitrogens with two attached hydrogens (primary N) is 1. The van der Waals surface area contributed by atoms with E-state index in [-0.39, 0.29) is 30.7 Å². The third kappa shape index (κ3) is 10.0. The summed E-state index contributed by atoms with van der Waals surface area (Å²) in [6, 6.07) is 8.64. The van der Waals surface area contributed by atoms with Gasteiger partial charge in [0.25, 0.3) is 0 Å². The number of likely N-dealkylation sites (tertiary alicyclic amines) is 1. The van der Waals surface area contributed by atoms with Crippen LogP contribution < -0.4 is 11.1 Å². The maximum atomic E-state index is 11.8. The first-order valence-electron chi connectivity index (χ1n) is 9.05. The summed E-state index contributed by atoms with van der Waals surface area (Å²) in [6.45, 7) is 4.88. The minimum Gasteiger partial charge on any atom is -0.352 e. The van der Waals surface area contributed by atoms with E-state index >= 15 is 0 Å². The Kier molecular flexibility index (Phi) is 13.9. The predicted octanol–water partition coefficient (Wildman–Crippen LogP) is 3.65. The molecule has 0 spiro atoms. The van der Waals surface area contributed by atoms with Crippen molar-refractivity contribution in [2.75, 3.05) is 19.6 Å². The van der Waals surface area contributed by atoms with Crippen molar-refractivity contribution in [2.45, 2.75) is 58.0 Å². The summed E-state index contributed by atoms with van der Waals surface area (Å²) in [5.41, 5.74) is 7.99. The van der Waals surface area contributed by atoms with E-state index in [1.807, 2.05) is 0 Å². The van der Waals surface area contributed by atoms with E-state index in [0.29, 0.717) is 13.0 Å². The fraction of sp³-hybridized carbons (Fsp3) is 0.632. The van der Waals surface area contributed by atoms with Gasteiger partial charge >= 0.3 is 0 Å². The van der Waals surface area contributed by atoms with Gasteiger partial charge in [-0.2, -0.15) is 0 Å². The first-order valence-corrected chi connectivity index (χ1v) is 9.05. The number of halogens is 2. The largest absolute Gasteiger partial charge is 0.352 e. The fourth-order valence-electron chi connectivity index (χ4n) is 3.03. The van der Waals surface area contributed by atoms with Crippen LogP contribution in [0.15, 0.2) is 24.3 Å². The van der Waals surface area contributed by atoms with Crippen molar-refractivity contribution in [3.05, 3.63) is 35.4 Å². The topological polar surface area (TPSA) is 58.4 Å². The minimum atomic E-state index is 0. The Hall–Kier alpha value is -0.810. The standard InChI is InChI=1S/C19H31N3O.2ClH/c20-12-4-2-1-3-7-19(23)21-15-17-8-10-18(11-9-17)16-22-13-5-6-14-22;;/h8-11H,1-7,12-16,20H2,(H,21,23);2*1H. The molecular weight excluding hydrogens is 357 g/mol. The van der Waals surface area contributed by atoms with Gasteiger partial charge < -0.3 is 11.1 Å². The third-order valence-corrected chi connectivity index (χ3v) is 4.48. The van der Waals surface area contributed by atoms with E-state index < -0.39 is 0 Å². The lowest BCUT2D eigenvalue weighted by Crippen LogP contribution is -2.22. The highest BCUT2D eigenvalue weighted by molar-refractivity contribution is 5.85. The second-order valence-corrected chi connectivity index (χ2v) is 6.53. The van der Waals surface area contributed by atoms with E-state index in [0.717, 1.165) is 38.8 Å². The Balaban J connectivity index is 0.00000288. The van der Waals surface area contributed by atoms with Gasteiger partial charge in [0, 0.05) is 19.5 Å². The van der Waals surface area contributed by atoms with Crippen LogP contribution >= 0.6 is 24.8 Å². The molecule has 0 saturated carbocycles. The number of carbonyl (C=O) groups is 1. The van der Waals surface area contributed by atoms with Crippen LogP contribution in [0.5, 0.6) is 0 Å². The van der Waals surface area contributed by atoms with Gasteiger partial charge in [0.1, 0.15) is 0 Å². The number of rotatable bonds is 10. The molecule has 1 aliphatic heterocycles. The second kappa shape index (κ2) is 14.4. The molecule has 3 N–H and O–H groups in total. The minimum absolute atomic E-state index is 0. The Morgan fingerprint density at radius 2 is 1.56 bits per heavy atom. The molecule has 1 aromatic carbocycles. The van der Waals surface area contributed by atoms with Crippen LogP contribution in [-0.2, 0) is 17.9 Å². The zero-order valence-corrected chi connectivity index (χ0v) is 16.7. The van der Waals surface area contributed by atoms with Gasteiger partial charge in [-0.05, 0) is 56.4 Å². The molecule has 1 heterocycles. The molecule has 0 radical (unpaired) electrons. The number of carbonyl (C=O) groups excluding carboxylic acids is 1. The Labute approximate surface area is 164 Å². The van der Waals surface area contributed by atoms with Gasteiger partial charge in [-0.15, -0.1) is 24.8 Å². The lowest BCUT2D eigenvalue weighted by atomic mass is 10.1. The summed E-state index contributed by atoms with van der Waals surface area (Å²) in [5.74, 6) is 0.152. The number of benzene rings is 1. The van der Waals surface area contributed by atoms with Crippen LogP contribution in [0.4, 0.5) is 0 Å². The molecular formula is C19H33Cl2N3O. The van der Waals surface area contributed by atoms with E-state index in [1.54, 1.807) is 0 Å². The molecule has 1 aliphatic rings. The molecule has 0 bridgehead atoms. The fourth-order valence-corrected chi connectivity index (χ4v) is 3.03. The Morgan fingerprint density at radius 1 is 0.960 bits per heavy atom. The first-order chi connectivity index (χ1) is 11.3. The number of nitrogens with one attached hydrogen (secondary N) is 1. The van der Waals surface area contributed by atoms with Gasteiger partial charge in [-0.3, -0.25) is 9.69 Å². The van der Waals surface area contributed by atoms with Crippen molar-refractivity contribution in [1.82, 2.24) is 10.2 Å². The van der Waals surface area contributed by atoms with Crippen LogP contribution in [0.3, 0.4) is 0 Å². The lowest BCUT2D eigenvalue weighted by Gasteiger charge is -2.14. The van der Waals surface area contributed by atoms with Crippen LogP contribution in [0.1, 0.15) is 56.1 Å². The van der Waals surface area contributed by atoms with Crippen LogP contribution in [0, 0.1) is 0 Å². The zero-order chi connectivity index (χ0) is 16.3. The van der Waals surface area contributed by atoms with Gasteiger partial charge in [0.05, 0.1) is 0 Å². The quantitative estimate of drug-likeness (QED) is 0.600. The van der Waals surface area contributed by atoms with Gasteiger partial charge in [0.2, 0.25) is 5.91 Å².